The van der Waals surface area contributed by atoms with Crippen LogP contribution in [0.15, 0.2) is 47.8 Å². The molecule has 2 heterocycles. The Labute approximate surface area is 192 Å². The van der Waals surface area contributed by atoms with Crippen molar-refractivity contribution in [3.63, 3.8) is 0 Å². The van der Waals surface area contributed by atoms with E-state index in [4.69, 9.17) is 4.74 Å². The lowest BCUT2D eigenvalue weighted by Crippen LogP contribution is -2.39. The zero-order valence-electron chi connectivity index (χ0n) is 18.8. The number of rotatable bonds is 5. The number of benzene rings is 2. The second kappa shape index (κ2) is 8.74. The average Bonchev–Trinajstić information content (AvgIpc) is 3.23. The smallest absolute Gasteiger partial charge is 0.265 e. The molecule has 6 nitrogen and oxygen atoms in total. The summed E-state index contributed by atoms with van der Waals surface area (Å²) in [6.45, 7) is 9.18. The Kier molecular flexibility index (Phi) is 6.02. The molecule has 32 heavy (non-hydrogen) atoms. The molecule has 0 saturated carbocycles. The van der Waals surface area contributed by atoms with Gasteiger partial charge >= 0.3 is 0 Å². The second-order valence-electron chi connectivity index (χ2n) is 8.84. The molecule has 166 valence electrons. The minimum absolute atomic E-state index is 0.0381. The summed E-state index contributed by atoms with van der Waals surface area (Å²) in [6, 6.07) is 13.4. The van der Waals surface area contributed by atoms with E-state index in [0.717, 1.165) is 23.4 Å². The normalized spacial score (nSPS) is 13.5. The Bertz CT molecular complexity index is 1150. The zero-order valence-corrected chi connectivity index (χ0v) is 19.6. The second-order valence-corrected chi connectivity index (χ2v) is 9.69. The predicted molar refractivity (Wildman–Crippen MR) is 129 cm³/mol. The molecule has 0 bridgehead atoms. The van der Waals surface area contributed by atoms with Crippen molar-refractivity contribution in [2.75, 3.05) is 23.4 Å². The number of nitrogens with one attached hydrogen (secondary N) is 1. The van der Waals surface area contributed by atoms with E-state index < -0.39 is 0 Å². The van der Waals surface area contributed by atoms with E-state index in [1.165, 1.54) is 16.9 Å². The van der Waals surface area contributed by atoms with Crippen molar-refractivity contribution < 1.29 is 14.3 Å². The summed E-state index contributed by atoms with van der Waals surface area (Å²) < 4.78 is 5.57. The summed E-state index contributed by atoms with van der Waals surface area (Å²) in [4.78, 5) is 31.3. The van der Waals surface area contributed by atoms with Gasteiger partial charge in [-0.2, -0.15) is 0 Å². The van der Waals surface area contributed by atoms with Crippen molar-refractivity contribution in [1.29, 1.82) is 0 Å². The quantitative estimate of drug-likeness (QED) is 0.559. The zero-order chi connectivity index (χ0) is 22.9. The molecule has 0 saturated heterocycles. The molecule has 0 fully saturated rings. The topological polar surface area (TPSA) is 71.5 Å². The number of anilines is 2. The molecular formula is C25H27N3O3S. The molecule has 0 spiro atoms. The van der Waals surface area contributed by atoms with E-state index in [0.29, 0.717) is 23.0 Å². The van der Waals surface area contributed by atoms with Gasteiger partial charge in [0.15, 0.2) is 11.7 Å². The lowest BCUT2D eigenvalue weighted by atomic mass is 9.87. The number of ether oxygens (including phenoxy) is 1. The minimum atomic E-state index is -0.190. The molecule has 2 amide bonds. The van der Waals surface area contributed by atoms with E-state index in [1.807, 2.05) is 54.8 Å². The first-order valence-electron chi connectivity index (χ1n) is 10.7. The molecule has 1 aliphatic heterocycles. The number of hydrogen-bond acceptors (Lipinski definition) is 5. The number of thiazole rings is 1. The molecule has 0 radical (unpaired) electrons. The number of carbonyl (C=O) groups is 2. The summed E-state index contributed by atoms with van der Waals surface area (Å²) in [5.74, 6) is 0.467. The molecule has 0 aliphatic carbocycles. The third-order valence-electron chi connectivity index (χ3n) is 5.38. The van der Waals surface area contributed by atoms with Crippen LogP contribution in [0.4, 0.5) is 10.8 Å². The number of amides is 2. The fraction of sp³-hybridized carbons (Fsp3) is 0.320. The van der Waals surface area contributed by atoms with Gasteiger partial charge in [-0.25, -0.2) is 4.98 Å². The fourth-order valence-electron chi connectivity index (χ4n) is 3.58. The Morgan fingerprint density at radius 1 is 1.19 bits per heavy atom. The Balaban J connectivity index is 1.52. The van der Waals surface area contributed by atoms with Gasteiger partial charge in [0.25, 0.3) is 11.8 Å². The maximum atomic E-state index is 12.7. The van der Waals surface area contributed by atoms with Crippen molar-refractivity contribution in [1.82, 2.24) is 4.98 Å². The lowest BCUT2D eigenvalue weighted by molar-refractivity contribution is -0.121. The maximum Gasteiger partial charge on any atom is 0.265 e. The molecule has 0 atom stereocenters. The van der Waals surface area contributed by atoms with Gasteiger partial charge in [-0.3, -0.25) is 14.9 Å². The Morgan fingerprint density at radius 2 is 1.94 bits per heavy atom. The molecule has 3 aromatic rings. The first-order chi connectivity index (χ1) is 15.3. The van der Waals surface area contributed by atoms with Crippen LogP contribution in [0.25, 0.3) is 11.3 Å². The van der Waals surface area contributed by atoms with Gasteiger partial charge in [-0.05, 0) is 47.7 Å². The van der Waals surface area contributed by atoms with E-state index in [-0.39, 0.29) is 23.8 Å². The summed E-state index contributed by atoms with van der Waals surface area (Å²) in [5.41, 5.74) is 4.18. The highest BCUT2D eigenvalue weighted by Gasteiger charge is 2.25. The van der Waals surface area contributed by atoms with Gasteiger partial charge in [0, 0.05) is 23.1 Å². The Hall–Kier alpha value is -3.19. The molecule has 0 unspecified atom stereocenters. The van der Waals surface area contributed by atoms with Crippen LogP contribution in [0.1, 0.15) is 50.0 Å². The van der Waals surface area contributed by atoms with Crippen LogP contribution < -0.4 is 15.0 Å². The van der Waals surface area contributed by atoms with Crippen LogP contribution in [0.2, 0.25) is 0 Å². The van der Waals surface area contributed by atoms with Crippen molar-refractivity contribution >= 4 is 34.0 Å². The van der Waals surface area contributed by atoms with Gasteiger partial charge in [0.2, 0.25) is 0 Å². The molecule has 7 heteroatoms. The monoisotopic (exact) mass is 449 g/mol. The van der Waals surface area contributed by atoms with Crippen LogP contribution in [0.3, 0.4) is 0 Å². The highest BCUT2D eigenvalue weighted by molar-refractivity contribution is 7.14. The number of aromatic nitrogens is 1. The van der Waals surface area contributed by atoms with Gasteiger partial charge in [-0.15, -0.1) is 11.3 Å². The highest BCUT2D eigenvalue weighted by Crippen LogP contribution is 2.37. The fourth-order valence-corrected chi connectivity index (χ4v) is 4.30. The molecule has 1 N–H and O–H groups in total. The number of hydrogen-bond donors (Lipinski definition) is 1. The molecule has 1 aliphatic rings. The Morgan fingerprint density at radius 3 is 2.62 bits per heavy atom. The number of fused-ring (bicyclic) bond motifs is 1. The molecule has 4 rings (SSSR count). The number of nitrogens with zero attached hydrogens (tertiary/aromatic N) is 2. The van der Waals surface area contributed by atoms with Crippen LogP contribution in [0.5, 0.6) is 5.75 Å². The van der Waals surface area contributed by atoms with Gasteiger partial charge in [-0.1, -0.05) is 39.8 Å². The van der Waals surface area contributed by atoms with Crippen LogP contribution in [0, 0.1) is 0 Å². The standard InChI is InChI=1S/C25H27N3O3S/c1-5-12-28-20-13-17(8-11-21(20)31-14-22(28)29)19-15-32-24(26-19)27-23(30)16-6-9-18(10-7-16)25(2,3)4/h6-11,13,15H,5,12,14H2,1-4H3,(H,26,27,30). The third kappa shape index (κ3) is 4.53. The first-order valence-corrected chi connectivity index (χ1v) is 11.6. The molecular weight excluding hydrogens is 422 g/mol. The number of carbonyl (C=O) groups excluding carboxylic acids is 2. The van der Waals surface area contributed by atoms with Crippen LogP contribution in [-0.4, -0.2) is 29.9 Å². The van der Waals surface area contributed by atoms with Gasteiger partial charge in [0.05, 0.1) is 11.4 Å². The van der Waals surface area contributed by atoms with Gasteiger partial charge < -0.3 is 9.64 Å². The SMILES string of the molecule is CCCN1C(=O)COc2ccc(-c3csc(NC(=O)c4ccc(C(C)(C)C)cc4)n3)cc21. The van der Waals surface area contributed by atoms with E-state index in [9.17, 15) is 9.59 Å². The maximum absolute atomic E-state index is 12.7. The van der Waals surface area contributed by atoms with Crippen molar-refractivity contribution in [3.05, 3.63) is 59.0 Å². The highest BCUT2D eigenvalue weighted by atomic mass is 32.1. The van der Waals surface area contributed by atoms with E-state index >= 15 is 0 Å². The van der Waals surface area contributed by atoms with E-state index in [1.54, 1.807) is 4.90 Å². The third-order valence-corrected chi connectivity index (χ3v) is 6.14. The summed E-state index contributed by atoms with van der Waals surface area (Å²) >= 11 is 1.37. The first kappa shape index (κ1) is 22.0. The molecule has 2 aromatic carbocycles. The summed E-state index contributed by atoms with van der Waals surface area (Å²) in [6.07, 6.45) is 0.860. The molecule has 1 aromatic heterocycles. The predicted octanol–water partition coefficient (Wildman–Crippen LogP) is 5.50. The van der Waals surface area contributed by atoms with Crippen LogP contribution >= 0.6 is 11.3 Å². The van der Waals surface area contributed by atoms with Gasteiger partial charge in [0.1, 0.15) is 5.75 Å². The minimum Gasteiger partial charge on any atom is -0.482 e. The summed E-state index contributed by atoms with van der Waals surface area (Å²) in [5, 5.41) is 5.31. The summed E-state index contributed by atoms with van der Waals surface area (Å²) in [7, 11) is 0. The van der Waals surface area contributed by atoms with Crippen molar-refractivity contribution in [3.8, 4) is 17.0 Å². The van der Waals surface area contributed by atoms with E-state index in [2.05, 4.69) is 31.1 Å². The lowest BCUT2D eigenvalue weighted by Gasteiger charge is -2.29. The van der Waals surface area contributed by atoms with Crippen molar-refractivity contribution in [2.24, 2.45) is 0 Å². The average molecular weight is 450 g/mol. The van der Waals surface area contributed by atoms with Crippen LogP contribution in [-0.2, 0) is 10.2 Å². The van der Waals surface area contributed by atoms with Crippen molar-refractivity contribution in [2.45, 2.75) is 39.5 Å². The largest absolute Gasteiger partial charge is 0.482 e.